The number of carbonyl (C=O) groups is 2. The Morgan fingerprint density at radius 1 is 1.00 bits per heavy atom. The van der Waals surface area contributed by atoms with E-state index in [1.165, 1.54) is 18.2 Å². The summed E-state index contributed by atoms with van der Waals surface area (Å²) in [5.41, 5.74) is 0.836. The first-order valence-electron chi connectivity index (χ1n) is 9.17. The molecule has 29 heavy (non-hydrogen) atoms. The molecule has 0 aliphatic rings. The Hall–Kier alpha value is -3.74. The molecule has 148 valence electrons. The summed E-state index contributed by atoms with van der Waals surface area (Å²) in [6.07, 6.45) is -0.273. The van der Waals surface area contributed by atoms with Crippen molar-refractivity contribution in [1.29, 1.82) is 0 Å². The molecule has 0 aliphatic carbocycles. The zero-order chi connectivity index (χ0) is 20.8. The normalized spacial score (nSPS) is 10.5. The maximum Gasteiger partial charge on any atom is 0.311 e. The average Bonchev–Trinajstić information content (AvgIpc) is 2.73. The lowest BCUT2D eigenvalue weighted by Crippen LogP contribution is -2.34. The fourth-order valence-electron chi connectivity index (χ4n) is 3.19. The molecule has 0 fully saturated rings. The van der Waals surface area contributed by atoms with Gasteiger partial charge in [0.25, 0.3) is 11.6 Å². The van der Waals surface area contributed by atoms with Crippen molar-refractivity contribution in [2.45, 2.75) is 13.3 Å². The zero-order valence-electron chi connectivity index (χ0n) is 15.9. The molecule has 0 N–H and O–H groups in total. The number of ether oxygens (including phenoxy) is 1. The molecule has 0 atom stereocenters. The van der Waals surface area contributed by atoms with Crippen molar-refractivity contribution < 1.29 is 19.2 Å². The highest BCUT2D eigenvalue weighted by Crippen LogP contribution is 2.26. The summed E-state index contributed by atoms with van der Waals surface area (Å²) in [4.78, 5) is 36.9. The number of benzene rings is 3. The van der Waals surface area contributed by atoms with Gasteiger partial charge in [-0.3, -0.25) is 19.7 Å². The van der Waals surface area contributed by atoms with Crippen LogP contribution in [0.4, 0.5) is 11.4 Å². The number of anilines is 1. The van der Waals surface area contributed by atoms with Crippen LogP contribution in [0.1, 0.15) is 12.5 Å². The van der Waals surface area contributed by atoms with E-state index < -0.39 is 17.5 Å². The van der Waals surface area contributed by atoms with Crippen LogP contribution in [-0.4, -0.2) is 30.0 Å². The molecule has 1 amide bonds. The summed E-state index contributed by atoms with van der Waals surface area (Å²) in [6.45, 7) is 1.82. The molecule has 3 rings (SSSR count). The number of hydrogen-bond donors (Lipinski definition) is 0. The largest absolute Gasteiger partial charge is 0.455 e. The molecular formula is C22H20N2O5. The lowest BCUT2D eigenvalue weighted by molar-refractivity contribution is -0.385. The van der Waals surface area contributed by atoms with Crippen LogP contribution >= 0.6 is 0 Å². The van der Waals surface area contributed by atoms with Gasteiger partial charge in [0.2, 0.25) is 0 Å². The third kappa shape index (κ3) is 4.57. The number of carbonyl (C=O) groups excluding carboxylic acids is 2. The lowest BCUT2D eigenvalue weighted by Gasteiger charge is -2.22. The van der Waals surface area contributed by atoms with Gasteiger partial charge in [-0.25, -0.2) is 0 Å². The van der Waals surface area contributed by atoms with E-state index in [-0.39, 0.29) is 23.6 Å². The third-order valence-electron chi connectivity index (χ3n) is 4.55. The molecule has 3 aromatic carbocycles. The van der Waals surface area contributed by atoms with Gasteiger partial charge in [0.15, 0.2) is 6.61 Å². The molecule has 3 aromatic rings. The second-order valence-electron chi connectivity index (χ2n) is 6.36. The van der Waals surface area contributed by atoms with Gasteiger partial charge in [0.1, 0.15) is 0 Å². The van der Waals surface area contributed by atoms with Crippen LogP contribution in [-0.2, 0) is 20.7 Å². The number of rotatable bonds is 7. The first kappa shape index (κ1) is 20.0. The topological polar surface area (TPSA) is 89.8 Å². The molecule has 0 saturated heterocycles. The van der Waals surface area contributed by atoms with Gasteiger partial charge in [-0.15, -0.1) is 0 Å². The maximum atomic E-state index is 12.7. The van der Waals surface area contributed by atoms with E-state index in [1.807, 2.05) is 49.4 Å². The van der Waals surface area contributed by atoms with Crippen LogP contribution in [0.3, 0.4) is 0 Å². The molecule has 7 heteroatoms. The summed E-state index contributed by atoms with van der Waals surface area (Å²) in [7, 11) is 0. The van der Waals surface area contributed by atoms with Crippen molar-refractivity contribution in [2.75, 3.05) is 18.1 Å². The minimum Gasteiger partial charge on any atom is -0.455 e. The van der Waals surface area contributed by atoms with Gasteiger partial charge in [-0.2, -0.15) is 0 Å². The van der Waals surface area contributed by atoms with Gasteiger partial charge in [-0.05, 0) is 18.4 Å². The Morgan fingerprint density at radius 2 is 1.69 bits per heavy atom. The van der Waals surface area contributed by atoms with Crippen LogP contribution in [0.25, 0.3) is 10.8 Å². The van der Waals surface area contributed by atoms with Gasteiger partial charge in [-0.1, -0.05) is 54.6 Å². The second kappa shape index (κ2) is 8.97. The second-order valence-corrected chi connectivity index (χ2v) is 6.36. The van der Waals surface area contributed by atoms with Crippen molar-refractivity contribution in [3.63, 3.8) is 0 Å². The van der Waals surface area contributed by atoms with Crippen molar-refractivity contribution in [1.82, 2.24) is 0 Å². The van der Waals surface area contributed by atoms with E-state index in [4.69, 9.17) is 4.74 Å². The predicted octanol–water partition coefficient (Wildman–Crippen LogP) is 3.89. The smallest absolute Gasteiger partial charge is 0.311 e. The lowest BCUT2D eigenvalue weighted by atomic mass is 10.1. The number of fused-ring (bicyclic) bond motifs is 1. The Labute approximate surface area is 167 Å². The minimum atomic E-state index is -0.693. The van der Waals surface area contributed by atoms with Crippen LogP contribution in [0.2, 0.25) is 0 Å². The number of likely N-dealkylation sites (N-methyl/N-ethyl adjacent to an activating group) is 1. The number of nitro groups is 1. The molecule has 0 unspecified atom stereocenters. The molecule has 0 spiro atoms. The molecule has 7 nitrogen and oxygen atoms in total. The van der Waals surface area contributed by atoms with Crippen molar-refractivity contribution >= 4 is 34.0 Å². The molecule has 0 heterocycles. The molecule has 0 aliphatic heterocycles. The SMILES string of the molecule is CCN(C(=O)COC(=O)Cc1ccccc1[N+](=O)[O-])c1cccc2ccccc12. The van der Waals surface area contributed by atoms with Crippen molar-refractivity contribution in [3.05, 3.63) is 82.4 Å². The number of nitrogens with zero attached hydrogens (tertiary/aromatic N) is 2. The van der Waals surface area contributed by atoms with E-state index in [1.54, 1.807) is 11.0 Å². The predicted molar refractivity (Wildman–Crippen MR) is 110 cm³/mol. The monoisotopic (exact) mass is 392 g/mol. The van der Waals surface area contributed by atoms with E-state index >= 15 is 0 Å². The number of esters is 1. The van der Waals surface area contributed by atoms with Crippen LogP contribution in [0.15, 0.2) is 66.7 Å². The fourth-order valence-corrected chi connectivity index (χ4v) is 3.19. The Bertz CT molecular complexity index is 1060. The van der Waals surface area contributed by atoms with Crippen molar-refractivity contribution in [3.8, 4) is 0 Å². The first-order chi connectivity index (χ1) is 14.0. The molecule has 0 aromatic heterocycles. The highest BCUT2D eigenvalue weighted by Gasteiger charge is 2.20. The van der Waals surface area contributed by atoms with Gasteiger partial charge >= 0.3 is 5.97 Å². The molecular weight excluding hydrogens is 372 g/mol. The van der Waals surface area contributed by atoms with Crippen molar-refractivity contribution in [2.24, 2.45) is 0 Å². The number of amides is 1. The average molecular weight is 392 g/mol. The third-order valence-corrected chi connectivity index (χ3v) is 4.55. The number of para-hydroxylation sites is 1. The van der Waals surface area contributed by atoms with Gasteiger partial charge in [0, 0.05) is 23.6 Å². The summed E-state index contributed by atoms with van der Waals surface area (Å²) in [6, 6.07) is 19.4. The van der Waals surface area contributed by atoms with Crippen LogP contribution < -0.4 is 4.90 Å². The van der Waals surface area contributed by atoms with E-state index in [2.05, 4.69) is 0 Å². The summed E-state index contributed by atoms with van der Waals surface area (Å²) >= 11 is 0. The van der Waals surface area contributed by atoms with E-state index in [9.17, 15) is 19.7 Å². The quantitative estimate of drug-likeness (QED) is 0.346. The summed E-state index contributed by atoms with van der Waals surface area (Å²) in [5.74, 6) is -1.05. The minimum absolute atomic E-state index is 0.151. The van der Waals surface area contributed by atoms with Crippen LogP contribution in [0, 0.1) is 10.1 Å². The highest BCUT2D eigenvalue weighted by molar-refractivity contribution is 6.04. The zero-order valence-corrected chi connectivity index (χ0v) is 15.9. The molecule has 0 radical (unpaired) electrons. The van der Waals surface area contributed by atoms with Gasteiger partial charge in [0.05, 0.1) is 17.0 Å². The standard InChI is InChI=1S/C22H20N2O5/c1-2-23(20-13-7-10-16-8-3-5-11-18(16)20)21(25)15-29-22(26)14-17-9-4-6-12-19(17)24(27)28/h3-13H,2,14-15H2,1H3. The van der Waals surface area contributed by atoms with Crippen LogP contribution in [0.5, 0.6) is 0 Å². The highest BCUT2D eigenvalue weighted by atomic mass is 16.6. The van der Waals surface area contributed by atoms with E-state index in [0.717, 1.165) is 16.5 Å². The molecule has 0 saturated carbocycles. The number of hydrogen-bond acceptors (Lipinski definition) is 5. The maximum absolute atomic E-state index is 12.7. The Balaban J connectivity index is 1.69. The van der Waals surface area contributed by atoms with E-state index in [0.29, 0.717) is 6.54 Å². The summed E-state index contributed by atoms with van der Waals surface area (Å²) in [5, 5.41) is 13.0. The number of nitro benzene ring substituents is 1. The van der Waals surface area contributed by atoms with Gasteiger partial charge < -0.3 is 9.64 Å². The first-order valence-corrected chi connectivity index (χ1v) is 9.17. The summed E-state index contributed by atoms with van der Waals surface area (Å²) < 4.78 is 5.11. The Morgan fingerprint density at radius 3 is 2.45 bits per heavy atom. The fraction of sp³-hybridized carbons (Fsp3) is 0.182. The Kier molecular flexibility index (Phi) is 6.19. The molecule has 0 bridgehead atoms.